The van der Waals surface area contributed by atoms with Gasteiger partial charge in [0.2, 0.25) is 5.91 Å². The van der Waals surface area contributed by atoms with Crippen molar-refractivity contribution in [2.75, 3.05) is 31.6 Å². The van der Waals surface area contributed by atoms with Crippen molar-refractivity contribution in [3.05, 3.63) is 52.7 Å². The molecule has 5 heteroatoms. The SMILES string of the molecule is CN(Cc1cccs1)C(=O)CN(CCO)c1ccccc1. The topological polar surface area (TPSA) is 43.8 Å². The Balaban J connectivity index is 1.97. The second-order valence-electron chi connectivity index (χ2n) is 4.81. The van der Waals surface area contributed by atoms with Gasteiger partial charge in [0.25, 0.3) is 0 Å². The minimum absolute atomic E-state index is 0.0246. The van der Waals surface area contributed by atoms with Gasteiger partial charge >= 0.3 is 0 Å². The van der Waals surface area contributed by atoms with Gasteiger partial charge in [0.1, 0.15) is 0 Å². The Morgan fingerprint density at radius 3 is 2.57 bits per heavy atom. The number of aliphatic hydroxyl groups excluding tert-OH is 1. The van der Waals surface area contributed by atoms with Crippen LogP contribution in [0.15, 0.2) is 47.8 Å². The highest BCUT2D eigenvalue weighted by Crippen LogP contribution is 2.14. The van der Waals surface area contributed by atoms with Crippen molar-refractivity contribution >= 4 is 22.9 Å². The molecule has 1 aromatic carbocycles. The molecule has 0 saturated carbocycles. The Hall–Kier alpha value is -1.85. The standard InChI is InChI=1S/C16H20N2O2S/c1-17(12-15-8-5-11-21-15)16(20)13-18(9-10-19)14-6-3-2-4-7-14/h2-8,11,19H,9-10,12-13H2,1H3. The molecule has 1 N–H and O–H groups in total. The second-order valence-corrected chi connectivity index (χ2v) is 5.84. The molecule has 0 aliphatic rings. The van der Waals surface area contributed by atoms with Gasteiger partial charge in [-0.25, -0.2) is 0 Å². The van der Waals surface area contributed by atoms with Gasteiger partial charge in [-0.15, -0.1) is 11.3 Å². The Kier molecular flexibility index (Phi) is 5.78. The second kappa shape index (κ2) is 7.81. The van der Waals surface area contributed by atoms with E-state index in [1.165, 1.54) is 4.88 Å². The summed E-state index contributed by atoms with van der Waals surface area (Å²) in [4.78, 5) is 17.1. The maximum absolute atomic E-state index is 12.3. The maximum Gasteiger partial charge on any atom is 0.242 e. The molecule has 4 nitrogen and oxygen atoms in total. The molecular weight excluding hydrogens is 284 g/mol. The van der Waals surface area contributed by atoms with Crippen LogP contribution in [0.1, 0.15) is 4.88 Å². The summed E-state index contributed by atoms with van der Waals surface area (Å²) in [6, 6.07) is 13.7. The molecule has 2 rings (SSSR count). The van der Waals surface area contributed by atoms with E-state index in [4.69, 9.17) is 0 Å². The summed E-state index contributed by atoms with van der Waals surface area (Å²) in [5.41, 5.74) is 0.949. The summed E-state index contributed by atoms with van der Waals surface area (Å²) in [5.74, 6) is 0.0423. The lowest BCUT2D eigenvalue weighted by atomic mass is 10.2. The van der Waals surface area contributed by atoms with Gasteiger partial charge in [-0.2, -0.15) is 0 Å². The van der Waals surface area contributed by atoms with Gasteiger partial charge < -0.3 is 14.9 Å². The predicted octanol–water partition coefficient (Wildman–Crippen LogP) is 2.21. The number of thiophene rings is 1. The van der Waals surface area contributed by atoms with Crippen molar-refractivity contribution in [3.8, 4) is 0 Å². The molecule has 1 amide bonds. The van der Waals surface area contributed by atoms with E-state index in [0.29, 0.717) is 13.1 Å². The number of para-hydroxylation sites is 1. The van der Waals surface area contributed by atoms with Crippen molar-refractivity contribution in [2.24, 2.45) is 0 Å². The minimum atomic E-state index is 0.0246. The lowest BCUT2D eigenvalue weighted by molar-refractivity contribution is -0.128. The van der Waals surface area contributed by atoms with Crippen LogP contribution in [0.3, 0.4) is 0 Å². The molecule has 21 heavy (non-hydrogen) atoms. The third-order valence-electron chi connectivity index (χ3n) is 3.22. The van der Waals surface area contributed by atoms with Gasteiger partial charge in [0.05, 0.1) is 19.7 Å². The van der Waals surface area contributed by atoms with Crippen molar-refractivity contribution in [1.29, 1.82) is 0 Å². The summed E-state index contributed by atoms with van der Waals surface area (Å²) >= 11 is 1.65. The van der Waals surface area contributed by atoms with Crippen LogP contribution in [0, 0.1) is 0 Å². The summed E-state index contributed by atoms with van der Waals surface area (Å²) in [7, 11) is 1.81. The molecular formula is C16H20N2O2S. The summed E-state index contributed by atoms with van der Waals surface area (Å²) < 4.78 is 0. The summed E-state index contributed by atoms with van der Waals surface area (Å²) in [5, 5.41) is 11.2. The molecule has 0 radical (unpaired) electrons. The van der Waals surface area contributed by atoms with E-state index in [-0.39, 0.29) is 19.1 Å². The van der Waals surface area contributed by atoms with Crippen LogP contribution in [-0.2, 0) is 11.3 Å². The Morgan fingerprint density at radius 1 is 1.19 bits per heavy atom. The Bertz CT molecular complexity index is 543. The molecule has 1 aromatic heterocycles. The van der Waals surface area contributed by atoms with Crippen molar-refractivity contribution in [1.82, 2.24) is 4.90 Å². The summed E-state index contributed by atoms with van der Waals surface area (Å²) in [6.07, 6.45) is 0. The lowest BCUT2D eigenvalue weighted by Crippen LogP contribution is -2.39. The number of amides is 1. The van der Waals surface area contributed by atoms with E-state index >= 15 is 0 Å². The Morgan fingerprint density at radius 2 is 1.95 bits per heavy atom. The highest BCUT2D eigenvalue weighted by atomic mass is 32.1. The predicted molar refractivity (Wildman–Crippen MR) is 86.5 cm³/mol. The fraction of sp³-hybridized carbons (Fsp3) is 0.312. The van der Waals surface area contributed by atoms with E-state index < -0.39 is 0 Å². The number of aliphatic hydroxyl groups is 1. The zero-order valence-corrected chi connectivity index (χ0v) is 12.9. The number of hydrogen-bond acceptors (Lipinski definition) is 4. The zero-order valence-electron chi connectivity index (χ0n) is 12.1. The van der Waals surface area contributed by atoms with Crippen LogP contribution < -0.4 is 4.90 Å². The van der Waals surface area contributed by atoms with Gasteiger partial charge in [0.15, 0.2) is 0 Å². The number of hydrogen-bond donors (Lipinski definition) is 1. The smallest absolute Gasteiger partial charge is 0.242 e. The largest absolute Gasteiger partial charge is 0.395 e. The number of nitrogens with zero attached hydrogens (tertiary/aromatic N) is 2. The number of anilines is 1. The number of rotatable bonds is 7. The van der Waals surface area contributed by atoms with Gasteiger partial charge in [-0.05, 0) is 23.6 Å². The molecule has 0 atom stereocenters. The normalized spacial score (nSPS) is 10.4. The molecule has 0 saturated heterocycles. The first-order valence-electron chi connectivity index (χ1n) is 6.88. The first-order valence-corrected chi connectivity index (χ1v) is 7.76. The molecule has 0 fully saturated rings. The van der Waals surface area contributed by atoms with Crippen molar-refractivity contribution in [3.63, 3.8) is 0 Å². The van der Waals surface area contributed by atoms with E-state index in [0.717, 1.165) is 5.69 Å². The molecule has 0 aliphatic heterocycles. The third-order valence-corrected chi connectivity index (χ3v) is 4.08. The molecule has 112 valence electrons. The zero-order chi connectivity index (χ0) is 15.1. The van der Waals surface area contributed by atoms with Crippen LogP contribution in [0.25, 0.3) is 0 Å². The lowest BCUT2D eigenvalue weighted by Gasteiger charge is -2.26. The first kappa shape index (κ1) is 15.5. The average molecular weight is 304 g/mol. The van der Waals surface area contributed by atoms with Crippen molar-refractivity contribution in [2.45, 2.75) is 6.54 Å². The first-order chi connectivity index (χ1) is 10.2. The number of benzene rings is 1. The van der Waals surface area contributed by atoms with E-state index in [1.54, 1.807) is 16.2 Å². The van der Waals surface area contributed by atoms with Crippen LogP contribution in [0.4, 0.5) is 5.69 Å². The molecule has 0 aliphatic carbocycles. The van der Waals surface area contributed by atoms with Crippen LogP contribution in [-0.4, -0.2) is 42.7 Å². The number of likely N-dealkylation sites (N-methyl/N-ethyl adjacent to an activating group) is 1. The Labute approximate surface area is 129 Å². The minimum Gasteiger partial charge on any atom is -0.395 e. The fourth-order valence-electron chi connectivity index (χ4n) is 2.07. The fourth-order valence-corrected chi connectivity index (χ4v) is 2.82. The van der Waals surface area contributed by atoms with E-state index in [9.17, 15) is 9.90 Å². The summed E-state index contributed by atoms with van der Waals surface area (Å²) in [6.45, 7) is 1.37. The van der Waals surface area contributed by atoms with Gasteiger partial charge in [0, 0.05) is 24.2 Å². The van der Waals surface area contributed by atoms with E-state index in [2.05, 4.69) is 0 Å². The average Bonchev–Trinajstić information content (AvgIpc) is 3.00. The highest BCUT2D eigenvalue weighted by molar-refractivity contribution is 7.09. The van der Waals surface area contributed by atoms with Crippen LogP contribution in [0.2, 0.25) is 0 Å². The van der Waals surface area contributed by atoms with Crippen LogP contribution >= 0.6 is 11.3 Å². The molecule has 1 heterocycles. The van der Waals surface area contributed by atoms with Crippen molar-refractivity contribution < 1.29 is 9.90 Å². The number of carbonyl (C=O) groups excluding carboxylic acids is 1. The molecule has 0 bridgehead atoms. The van der Waals surface area contributed by atoms with Gasteiger partial charge in [-0.1, -0.05) is 24.3 Å². The highest BCUT2D eigenvalue weighted by Gasteiger charge is 2.15. The molecule has 0 spiro atoms. The molecule has 2 aromatic rings. The quantitative estimate of drug-likeness (QED) is 0.853. The van der Waals surface area contributed by atoms with E-state index in [1.807, 2.05) is 59.8 Å². The number of carbonyl (C=O) groups is 1. The van der Waals surface area contributed by atoms with Crippen LogP contribution in [0.5, 0.6) is 0 Å². The van der Waals surface area contributed by atoms with Gasteiger partial charge in [-0.3, -0.25) is 4.79 Å². The maximum atomic E-state index is 12.3. The molecule has 0 unspecified atom stereocenters. The third kappa shape index (κ3) is 4.58. The monoisotopic (exact) mass is 304 g/mol.